The van der Waals surface area contributed by atoms with Crippen molar-refractivity contribution >= 4 is 22.6 Å². The van der Waals surface area contributed by atoms with E-state index < -0.39 is 6.36 Å². The molecule has 0 heterocycles. The minimum Gasteiger partial charge on any atom is -0.292 e. The van der Waals surface area contributed by atoms with Crippen LogP contribution < -0.4 is 0 Å². The van der Waals surface area contributed by atoms with Crippen LogP contribution in [-0.2, 0) is 4.74 Å². The van der Waals surface area contributed by atoms with Gasteiger partial charge in [-0.05, 0) is 6.42 Å². The van der Waals surface area contributed by atoms with Crippen LogP contribution in [0.3, 0.4) is 0 Å². The van der Waals surface area contributed by atoms with E-state index in [0.717, 1.165) is 0 Å². The summed E-state index contributed by atoms with van der Waals surface area (Å²) in [5, 5.41) is 0. The summed E-state index contributed by atoms with van der Waals surface area (Å²) in [6.07, 6.45) is -4.01. The molecule has 5 heteroatoms. The molecular weight excluding hydrogens is 248 g/mol. The third-order valence-corrected chi connectivity index (χ3v) is 1.31. The largest absolute Gasteiger partial charge is 0.522 e. The molecule has 56 valence electrons. The van der Waals surface area contributed by atoms with Crippen LogP contribution in [0.25, 0.3) is 0 Å². The first-order valence-corrected chi connectivity index (χ1v) is 3.85. The molecule has 0 aliphatic rings. The Kier molecular flexibility index (Phi) is 4.55. The Labute approximate surface area is 64.7 Å². The fourth-order valence-corrected chi connectivity index (χ4v) is 0.554. The molecule has 0 saturated heterocycles. The van der Waals surface area contributed by atoms with Gasteiger partial charge < -0.3 is 0 Å². The van der Waals surface area contributed by atoms with E-state index in [1.165, 1.54) is 0 Å². The van der Waals surface area contributed by atoms with Gasteiger partial charge >= 0.3 is 6.36 Å². The number of ether oxygens (including phenoxy) is 1. The van der Waals surface area contributed by atoms with Gasteiger partial charge in [-0.25, -0.2) is 0 Å². The van der Waals surface area contributed by atoms with Gasteiger partial charge in [0.1, 0.15) is 0 Å². The van der Waals surface area contributed by atoms with Gasteiger partial charge in [0.25, 0.3) is 0 Å². The molecule has 0 spiro atoms. The fourth-order valence-electron chi connectivity index (χ4n) is 0.242. The molecule has 0 bridgehead atoms. The lowest BCUT2D eigenvalue weighted by atomic mass is 10.5. The standard InChI is InChI=1S/C4H6F3IO/c5-4(6,7)9-3-1-2-8/h1-3H2. The van der Waals surface area contributed by atoms with Crippen molar-refractivity contribution in [2.75, 3.05) is 11.0 Å². The van der Waals surface area contributed by atoms with Gasteiger partial charge in [-0.1, -0.05) is 22.6 Å². The molecule has 0 saturated carbocycles. The van der Waals surface area contributed by atoms with E-state index in [-0.39, 0.29) is 6.61 Å². The smallest absolute Gasteiger partial charge is 0.292 e. The summed E-state index contributed by atoms with van der Waals surface area (Å²) in [7, 11) is 0. The van der Waals surface area contributed by atoms with E-state index in [1.807, 2.05) is 22.6 Å². The number of halogens is 4. The molecule has 0 aromatic carbocycles. The Morgan fingerprint density at radius 1 is 1.33 bits per heavy atom. The zero-order valence-electron chi connectivity index (χ0n) is 4.54. The molecule has 0 N–H and O–H groups in total. The van der Waals surface area contributed by atoms with Crippen LogP contribution >= 0.6 is 22.6 Å². The number of hydrogen-bond acceptors (Lipinski definition) is 1. The van der Waals surface area contributed by atoms with Gasteiger partial charge in [0.05, 0.1) is 6.61 Å². The van der Waals surface area contributed by atoms with Crippen LogP contribution in [0.1, 0.15) is 6.42 Å². The van der Waals surface area contributed by atoms with E-state index in [1.54, 1.807) is 0 Å². The van der Waals surface area contributed by atoms with Crippen LogP contribution in [-0.4, -0.2) is 17.4 Å². The van der Waals surface area contributed by atoms with E-state index >= 15 is 0 Å². The number of hydrogen-bond donors (Lipinski definition) is 0. The van der Waals surface area contributed by atoms with Crippen molar-refractivity contribution in [3.05, 3.63) is 0 Å². The molecule has 0 aromatic heterocycles. The Bertz CT molecular complexity index is 72.7. The zero-order chi connectivity index (χ0) is 7.33. The topological polar surface area (TPSA) is 9.23 Å². The lowest BCUT2D eigenvalue weighted by Gasteiger charge is -2.04. The molecule has 0 aliphatic heterocycles. The molecule has 0 fully saturated rings. The van der Waals surface area contributed by atoms with Gasteiger partial charge in [0, 0.05) is 4.43 Å². The summed E-state index contributed by atoms with van der Waals surface area (Å²) in [4.78, 5) is 0. The summed E-state index contributed by atoms with van der Waals surface area (Å²) in [6, 6.07) is 0. The Balaban J connectivity index is 3.07. The van der Waals surface area contributed by atoms with Crippen molar-refractivity contribution in [2.45, 2.75) is 12.8 Å². The first-order chi connectivity index (χ1) is 4.06. The van der Waals surface area contributed by atoms with Crippen molar-refractivity contribution < 1.29 is 17.9 Å². The van der Waals surface area contributed by atoms with Crippen LogP contribution in [0, 0.1) is 0 Å². The number of alkyl halides is 4. The highest BCUT2D eigenvalue weighted by atomic mass is 127. The molecule has 0 unspecified atom stereocenters. The second kappa shape index (κ2) is 4.32. The van der Waals surface area contributed by atoms with E-state index in [0.29, 0.717) is 10.8 Å². The molecule has 9 heavy (non-hydrogen) atoms. The van der Waals surface area contributed by atoms with Crippen molar-refractivity contribution in [2.24, 2.45) is 0 Å². The first kappa shape index (κ1) is 9.48. The maximum Gasteiger partial charge on any atom is 0.522 e. The van der Waals surface area contributed by atoms with Gasteiger partial charge in [-0.2, -0.15) is 0 Å². The predicted octanol–water partition coefficient (Wildman–Crippen LogP) is 2.35. The highest BCUT2D eigenvalue weighted by Gasteiger charge is 2.28. The fraction of sp³-hybridized carbons (Fsp3) is 1.00. The Morgan fingerprint density at radius 2 is 1.89 bits per heavy atom. The average molecular weight is 254 g/mol. The highest BCUT2D eigenvalue weighted by Crippen LogP contribution is 2.16. The minimum atomic E-state index is -4.45. The molecule has 0 amide bonds. The van der Waals surface area contributed by atoms with Crippen LogP contribution in [0.15, 0.2) is 0 Å². The maximum absolute atomic E-state index is 11.2. The quantitative estimate of drug-likeness (QED) is 0.426. The van der Waals surface area contributed by atoms with Gasteiger partial charge in [0.2, 0.25) is 0 Å². The summed E-state index contributed by atoms with van der Waals surface area (Å²) >= 11 is 1.99. The lowest BCUT2D eigenvalue weighted by molar-refractivity contribution is -0.324. The molecular formula is C4H6F3IO. The normalized spacial score (nSPS) is 12.0. The van der Waals surface area contributed by atoms with E-state index in [2.05, 4.69) is 4.74 Å². The van der Waals surface area contributed by atoms with Crippen LogP contribution in [0.2, 0.25) is 0 Å². The van der Waals surface area contributed by atoms with Crippen LogP contribution in [0.5, 0.6) is 0 Å². The summed E-state index contributed by atoms with van der Waals surface area (Å²) in [6.45, 7) is -0.230. The minimum absolute atomic E-state index is 0.230. The van der Waals surface area contributed by atoms with E-state index in [9.17, 15) is 13.2 Å². The zero-order valence-corrected chi connectivity index (χ0v) is 6.70. The molecule has 0 rings (SSSR count). The van der Waals surface area contributed by atoms with E-state index in [4.69, 9.17) is 0 Å². The van der Waals surface area contributed by atoms with Crippen molar-refractivity contribution in [3.8, 4) is 0 Å². The van der Waals surface area contributed by atoms with Gasteiger partial charge in [-0.3, -0.25) is 4.74 Å². The molecule has 1 nitrogen and oxygen atoms in total. The predicted molar refractivity (Wildman–Crippen MR) is 35.5 cm³/mol. The first-order valence-electron chi connectivity index (χ1n) is 2.33. The van der Waals surface area contributed by atoms with Crippen molar-refractivity contribution in [3.63, 3.8) is 0 Å². The SMILES string of the molecule is FC(F)(F)OCCCI. The molecule has 0 aliphatic carbocycles. The lowest BCUT2D eigenvalue weighted by Crippen LogP contribution is -2.14. The Morgan fingerprint density at radius 3 is 2.22 bits per heavy atom. The summed E-state index contributed by atoms with van der Waals surface area (Å²) in [5.41, 5.74) is 0. The average Bonchev–Trinajstić information content (AvgIpc) is 1.63. The maximum atomic E-state index is 11.2. The second-order valence-electron chi connectivity index (χ2n) is 1.34. The third-order valence-electron chi connectivity index (χ3n) is 0.544. The van der Waals surface area contributed by atoms with Gasteiger partial charge in [-0.15, -0.1) is 13.2 Å². The summed E-state index contributed by atoms with van der Waals surface area (Å²) in [5.74, 6) is 0. The van der Waals surface area contributed by atoms with Gasteiger partial charge in [0.15, 0.2) is 0 Å². The third kappa shape index (κ3) is 8.48. The molecule has 0 atom stereocenters. The monoisotopic (exact) mass is 254 g/mol. The highest BCUT2D eigenvalue weighted by molar-refractivity contribution is 14.1. The number of rotatable bonds is 3. The Hall–Kier alpha value is 0.480. The molecule has 0 aromatic rings. The summed E-state index contributed by atoms with van der Waals surface area (Å²) < 4.78 is 37.6. The van der Waals surface area contributed by atoms with Crippen molar-refractivity contribution in [1.29, 1.82) is 0 Å². The molecule has 0 radical (unpaired) electrons. The van der Waals surface area contributed by atoms with Crippen LogP contribution in [0.4, 0.5) is 13.2 Å². The second-order valence-corrected chi connectivity index (χ2v) is 2.42. The van der Waals surface area contributed by atoms with Crippen molar-refractivity contribution in [1.82, 2.24) is 0 Å².